The average Bonchev–Trinajstić information content (AvgIpc) is 2.97. The standard InChI is InChI=1S/C13H15N3S/c1-2-16-8-15-12-4-3-10(6-13(12)16)5-11-7-14-9-17-11/h3-6,8,14H,2,7,9H2,1H3. The van der Waals surface area contributed by atoms with Crippen LogP contribution in [-0.2, 0) is 6.54 Å². The van der Waals surface area contributed by atoms with Crippen molar-refractivity contribution in [2.24, 2.45) is 0 Å². The molecule has 2 heterocycles. The van der Waals surface area contributed by atoms with E-state index in [9.17, 15) is 0 Å². The fraction of sp³-hybridized carbons (Fsp3) is 0.308. The van der Waals surface area contributed by atoms with E-state index in [0.29, 0.717) is 0 Å². The van der Waals surface area contributed by atoms with Crippen LogP contribution in [0, 0.1) is 0 Å². The summed E-state index contributed by atoms with van der Waals surface area (Å²) in [5.41, 5.74) is 3.56. The van der Waals surface area contributed by atoms with Gasteiger partial charge in [0.05, 0.1) is 17.4 Å². The third-order valence-electron chi connectivity index (χ3n) is 2.97. The number of hydrogen-bond donors (Lipinski definition) is 1. The lowest BCUT2D eigenvalue weighted by Gasteiger charge is -2.01. The molecule has 2 aromatic rings. The summed E-state index contributed by atoms with van der Waals surface area (Å²) in [6.45, 7) is 4.10. The van der Waals surface area contributed by atoms with Gasteiger partial charge in [-0.05, 0) is 30.7 Å². The van der Waals surface area contributed by atoms with Crippen LogP contribution < -0.4 is 5.32 Å². The Morgan fingerprint density at radius 1 is 1.53 bits per heavy atom. The number of imidazole rings is 1. The highest BCUT2D eigenvalue weighted by atomic mass is 32.2. The van der Waals surface area contributed by atoms with Crippen LogP contribution >= 0.6 is 11.8 Å². The molecule has 0 spiro atoms. The Bertz CT molecular complexity index is 563. The Labute approximate surface area is 105 Å². The zero-order valence-electron chi connectivity index (χ0n) is 9.81. The van der Waals surface area contributed by atoms with E-state index in [1.807, 2.05) is 18.1 Å². The number of thioether (sulfide) groups is 1. The molecule has 0 atom stereocenters. The third-order valence-corrected chi connectivity index (χ3v) is 3.95. The fourth-order valence-corrected chi connectivity index (χ4v) is 2.88. The van der Waals surface area contributed by atoms with E-state index >= 15 is 0 Å². The lowest BCUT2D eigenvalue weighted by Crippen LogP contribution is -2.04. The molecule has 0 saturated carbocycles. The molecule has 1 aromatic heterocycles. The molecule has 3 rings (SSSR count). The second-order valence-electron chi connectivity index (χ2n) is 4.10. The van der Waals surface area contributed by atoms with Gasteiger partial charge in [-0.1, -0.05) is 6.07 Å². The number of aryl methyl sites for hydroxylation is 1. The molecule has 4 heteroatoms. The maximum Gasteiger partial charge on any atom is 0.0958 e. The van der Waals surface area contributed by atoms with Crippen molar-refractivity contribution in [3.05, 3.63) is 35.0 Å². The summed E-state index contributed by atoms with van der Waals surface area (Å²) in [4.78, 5) is 5.80. The zero-order chi connectivity index (χ0) is 11.7. The van der Waals surface area contributed by atoms with Crippen molar-refractivity contribution < 1.29 is 0 Å². The summed E-state index contributed by atoms with van der Waals surface area (Å²) >= 11 is 1.88. The van der Waals surface area contributed by atoms with Gasteiger partial charge < -0.3 is 9.88 Å². The Hall–Kier alpha value is -1.26. The van der Waals surface area contributed by atoms with Gasteiger partial charge in [-0.15, -0.1) is 11.8 Å². The lowest BCUT2D eigenvalue weighted by molar-refractivity contribution is 0.787. The van der Waals surface area contributed by atoms with Crippen LogP contribution in [0.25, 0.3) is 17.1 Å². The monoisotopic (exact) mass is 245 g/mol. The minimum absolute atomic E-state index is 0.965. The van der Waals surface area contributed by atoms with Crippen molar-refractivity contribution >= 4 is 28.9 Å². The largest absolute Gasteiger partial charge is 0.331 e. The summed E-state index contributed by atoms with van der Waals surface area (Å²) in [5.74, 6) is 1.03. The van der Waals surface area contributed by atoms with Crippen LogP contribution in [0.15, 0.2) is 29.4 Å². The highest BCUT2D eigenvalue weighted by molar-refractivity contribution is 8.03. The molecule has 0 unspecified atom stereocenters. The molecule has 0 amide bonds. The van der Waals surface area contributed by atoms with Crippen molar-refractivity contribution in [2.45, 2.75) is 13.5 Å². The SMILES string of the molecule is CCn1cnc2ccc(C=C3CNCS3)cc21. The van der Waals surface area contributed by atoms with Gasteiger partial charge in [0, 0.05) is 23.9 Å². The predicted molar refractivity (Wildman–Crippen MR) is 73.8 cm³/mol. The second kappa shape index (κ2) is 4.55. The second-order valence-corrected chi connectivity index (χ2v) is 5.21. The van der Waals surface area contributed by atoms with Crippen LogP contribution in [0.5, 0.6) is 0 Å². The lowest BCUT2D eigenvalue weighted by atomic mass is 10.2. The molecule has 17 heavy (non-hydrogen) atoms. The minimum Gasteiger partial charge on any atom is -0.331 e. The molecular weight excluding hydrogens is 230 g/mol. The quantitative estimate of drug-likeness (QED) is 0.882. The highest BCUT2D eigenvalue weighted by Gasteiger charge is 2.07. The molecule has 1 aromatic carbocycles. The molecule has 1 fully saturated rings. The molecule has 1 aliphatic heterocycles. The van der Waals surface area contributed by atoms with Crippen LogP contribution in [-0.4, -0.2) is 22.0 Å². The molecule has 1 saturated heterocycles. The number of nitrogens with zero attached hydrogens (tertiary/aromatic N) is 2. The summed E-state index contributed by atoms with van der Waals surface area (Å²) in [7, 11) is 0. The van der Waals surface area contributed by atoms with Gasteiger partial charge in [-0.3, -0.25) is 0 Å². The van der Waals surface area contributed by atoms with E-state index in [-0.39, 0.29) is 0 Å². The highest BCUT2D eigenvalue weighted by Crippen LogP contribution is 2.23. The van der Waals surface area contributed by atoms with Gasteiger partial charge in [0.25, 0.3) is 0 Å². The molecule has 3 nitrogen and oxygen atoms in total. The maximum absolute atomic E-state index is 4.39. The molecule has 88 valence electrons. The van der Waals surface area contributed by atoms with Gasteiger partial charge in [-0.2, -0.15) is 0 Å². The van der Waals surface area contributed by atoms with Gasteiger partial charge in [-0.25, -0.2) is 4.98 Å². The number of benzene rings is 1. The summed E-state index contributed by atoms with van der Waals surface area (Å²) in [6, 6.07) is 6.46. The maximum atomic E-state index is 4.39. The van der Waals surface area contributed by atoms with Gasteiger partial charge in [0.1, 0.15) is 0 Å². The molecule has 1 N–H and O–H groups in total. The van der Waals surface area contributed by atoms with E-state index in [1.54, 1.807) is 0 Å². The van der Waals surface area contributed by atoms with Crippen LogP contribution in [0.3, 0.4) is 0 Å². The van der Waals surface area contributed by atoms with Crippen molar-refractivity contribution in [2.75, 3.05) is 12.4 Å². The van der Waals surface area contributed by atoms with Crippen molar-refractivity contribution in [3.8, 4) is 0 Å². The first-order chi connectivity index (χ1) is 8.36. The van der Waals surface area contributed by atoms with Crippen LogP contribution in [0.2, 0.25) is 0 Å². The smallest absolute Gasteiger partial charge is 0.0958 e. The predicted octanol–water partition coefficient (Wildman–Crippen LogP) is 2.69. The van der Waals surface area contributed by atoms with Crippen LogP contribution in [0.1, 0.15) is 12.5 Å². The Morgan fingerprint density at radius 3 is 3.24 bits per heavy atom. The van der Waals surface area contributed by atoms with E-state index in [4.69, 9.17) is 0 Å². The van der Waals surface area contributed by atoms with E-state index < -0.39 is 0 Å². The summed E-state index contributed by atoms with van der Waals surface area (Å²) in [5, 5.41) is 3.32. The van der Waals surface area contributed by atoms with Crippen molar-refractivity contribution in [1.82, 2.24) is 14.9 Å². The zero-order valence-corrected chi connectivity index (χ0v) is 10.6. The number of rotatable bonds is 2. The van der Waals surface area contributed by atoms with Crippen molar-refractivity contribution in [1.29, 1.82) is 0 Å². The van der Waals surface area contributed by atoms with Crippen molar-refractivity contribution in [3.63, 3.8) is 0 Å². The topological polar surface area (TPSA) is 29.9 Å². The van der Waals surface area contributed by atoms with Crippen LogP contribution in [0.4, 0.5) is 0 Å². The first-order valence-corrected chi connectivity index (χ1v) is 6.84. The molecule has 0 radical (unpaired) electrons. The van der Waals surface area contributed by atoms with Gasteiger partial charge in [0.15, 0.2) is 0 Å². The number of nitrogens with one attached hydrogen (secondary N) is 1. The average molecular weight is 245 g/mol. The Morgan fingerprint density at radius 2 is 2.47 bits per heavy atom. The molecule has 1 aliphatic rings. The third kappa shape index (κ3) is 2.10. The van der Waals surface area contributed by atoms with E-state index in [0.717, 1.165) is 24.5 Å². The molecular formula is C13H15N3S. The first-order valence-electron chi connectivity index (χ1n) is 5.86. The van der Waals surface area contributed by atoms with Gasteiger partial charge >= 0.3 is 0 Å². The number of hydrogen-bond acceptors (Lipinski definition) is 3. The summed E-state index contributed by atoms with van der Waals surface area (Å²) in [6.07, 6.45) is 4.17. The van der Waals surface area contributed by atoms with E-state index in [2.05, 4.69) is 46.1 Å². The Balaban J connectivity index is 2.02. The van der Waals surface area contributed by atoms with E-state index in [1.165, 1.54) is 16.0 Å². The Kier molecular flexibility index (Phi) is 2.91. The summed E-state index contributed by atoms with van der Waals surface area (Å²) < 4.78 is 2.18. The normalized spacial score (nSPS) is 18.3. The number of aromatic nitrogens is 2. The number of fused-ring (bicyclic) bond motifs is 1. The first kappa shape index (κ1) is 10.9. The molecule has 0 aliphatic carbocycles. The molecule has 0 bridgehead atoms. The van der Waals surface area contributed by atoms with Gasteiger partial charge in [0.2, 0.25) is 0 Å². The fourth-order valence-electron chi connectivity index (χ4n) is 2.06. The minimum atomic E-state index is 0.965.